The maximum absolute atomic E-state index is 12.6. The fourth-order valence-corrected chi connectivity index (χ4v) is 3.12. The molecule has 0 bridgehead atoms. The Hall–Kier alpha value is -3.55. The SMILES string of the molecule is CCCC(=O)c1c(O)c(O)n(-c2ccc3nc[nH]c3c2)c1-c1ccn[nH]1. The molecule has 0 saturated carbocycles. The van der Waals surface area contributed by atoms with Gasteiger partial charge in [-0.3, -0.25) is 14.5 Å². The maximum atomic E-state index is 12.6. The number of hydrogen-bond donors (Lipinski definition) is 4. The molecule has 1 aromatic carbocycles. The van der Waals surface area contributed by atoms with Gasteiger partial charge in [0.2, 0.25) is 5.88 Å². The first kappa shape index (κ1) is 15.9. The Balaban J connectivity index is 2.02. The first-order valence-corrected chi connectivity index (χ1v) is 8.25. The number of hydrogen-bond acceptors (Lipinski definition) is 5. The average Bonchev–Trinajstić information content (AvgIpc) is 3.35. The van der Waals surface area contributed by atoms with Crippen molar-refractivity contribution in [1.29, 1.82) is 0 Å². The van der Waals surface area contributed by atoms with E-state index in [0.29, 0.717) is 23.5 Å². The molecule has 26 heavy (non-hydrogen) atoms. The van der Waals surface area contributed by atoms with Gasteiger partial charge in [-0.05, 0) is 30.7 Å². The van der Waals surface area contributed by atoms with Crippen LogP contribution in [0, 0.1) is 0 Å². The largest absolute Gasteiger partial charge is 0.503 e. The summed E-state index contributed by atoms with van der Waals surface area (Å²) in [5.41, 5.74) is 3.09. The molecular weight excluding hydrogens is 334 g/mol. The molecule has 0 radical (unpaired) electrons. The number of rotatable bonds is 5. The van der Waals surface area contributed by atoms with Crippen LogP contribution in [0.4, 0.5) is 0 Å². The summed E-state index contributed by atoms with van der Waals surface area (Å²) in [6, 6.07) is 7.02. The Morgan fingerprint density at radius 2 is 2.12 bits per heavy atom. The van der Waals surface area contributed by atoms with E-state index in [9.17, 15) is 15.0 Å². The van der Waals surface area contributed by atoms with Crippen LogP contribution in [0.1, 0.15) is 30.1 Å². The van der Waals surface area contributed by atoms with E-state index < -0.39 is 11.6 Å². The number of nitrogens with zero attached hydrogens (tertiary/aromatic N) is 3. The smallest absolute Gasteiger partial charge is 0.240 e. The number of H-pyrrole nitrogens is 2. The Morgan fingerprint density at radius 3 is 2.85 bits per heavy atom. The van der Waals surface area contributed by atoms with Crippen LogP contribution in [-0.2, 0) is 0 Å². The minimum absolute atomic E-state index is 0.0818. The molecule has 0 aliphatic rings. The zero-order valence-electron chi connectivity index (χ0n) is 14.0. The molecule has 4 N–H and O–H groups in total. The van der Waals surface area contributed by atoms with Gasteiger partial charge < -0.3 is 15.2 Å². The first-order valence-electron chi connectivity index (χ1n) is 8.25. The van der Waals surface area contributed by atoms with E-state index in [4.69, 9.17) is 0 Å². The third-order valence-corrected chi connectivity index (χ3v) is 4.29. The molecule has 8 nitrogen and oxygen atoms in total. The van der Waals surface area contributed by atoms with Gasteiger partial charge >= 0.3 is 0 Å². The number of carbonyl (C=O) groups is 1. The normalized spacial score (nSPS) is 11.3. The van der Waals surface area contributed by atoms with Crippen LogP contribution in [0.25, 0.3) is 28.1 Å². The molecule has 4 aromatic rings. The molecule has 3 heterocycles. The molecule has 0 saturated heterocycles. The van der Waals surface area contributed by atoms with Crippen molar-refractivity contribution >= 4 is 16.8 Å². The number of aromatic nitrogens is 5. The van der Waals surface area contributed by atoms with Gasteiger partial charge in [-0.25, -0.2) is 4.98 Å². The van der Waals surface area contributed by atoms with Crippen molar-refractivity contribution in [3.05, 3.63) is 42.4 Å². The van der Waals surface area contributed by atoms with Crippen molar-refractivity contribution in [2.24, 2.45) is 0 Å². The van der Waals surface area contributed by atoms with Crippen LogP contribution >= 0.6 is 0 Å². The van der Waals surface area contributed by atoms with Crippen molar-refractivity contribution in [2.75, 3.05) is 0 Å². The number of ketones is 1. The zero-order chi connectivity index (χ0) is 18.3. The van der Waals surface area contributed by atoms with Gasteiger partial charge in [-0.15, -0.1) is 0 Å². The van der Waals surface area contributed by atoms with Crippen LogP contribution in [0.3, 0.4) is 0 Å². The lowest BCUT2D eigenvalue weighted by Gasteiger charge is -2.10. The molecule has 4 rings (SSSR count). The van der Waals surface area contributed by atoms with E-state index >= 15 is 0 Å². The van der Waals surface area contributed by atoms with E-state index in [1.54, 1.807) is 36.8 Å². The zero-order valence-corrected chi connectivity index (χ0v) is 14.0. The standard InChI is InChI=1S/C18H17N5O3/c1-2-3-14(24)15-16(12-6-7-21-22-12)23(18(26)17(15)25)10-4-5-11-13(8-10)20-9-19-11/h4-9,25-26H,2-3H2,1H3,(H,19,20)(H,21,22). The summed E-state index contributed by atoms with van der Waals surface area (Å²) in [6.45, 7) is 1.88. The van der Waals surface area contributed by atoms with E-state index in [1.165, 1.54) is 4.57 Å². The molecule has 3 aromatic heterocycles. The highest BCUT2D eigenvalue weighted by atomic mass is 16.3. The third-order valence-electron chi connectivity index (χ3n) is 4.29. The Morgan fingerprint density at radius 1 is 1.27 bits per heavy atom. The van der Waals surface area contributed by atoms with Gasteiger partial charge in [0.05, 0.1) is 40.0 Å². The van der Waals surface area contributed by atoms with Gasteiger partial charge in [0, 0.05) is 12.6 Å². The van der Waals surface area contributed by atoms with Gasteiger partial charge in [0.15, 0.2) is 11.5 Å². The van der Waals surface area contributed by atoms with E-state index in [1.807, 2.05) is 6.92 Å². The summed E-state index contributed by atoms with van der Waals surface area (Å²) in [5.74, 6) is -1.07. The fraction of sp³-hybridized carbons (Fsp3) is 0.167. The minimum Gasteiger partial charge on any atom is -0.503 e. The van der Waals surface area contributed by atoms with Crippen molar-refractivity contribution in [2.45, 2.75) is 19.8 Å². The lowest BCUT2D eigenvalue weighted by atomic mass is 10.0. The Labute approximate surface area is 148 Å². The molecule has 0 amide bonds. The average molecular weight is 351 g/mol. The van der Waals surface area contributed by atoms with Gasteiger partial charge in [0.25, 0.3) is 0 Å². The number of nitrogens with one attached hydrogen (secondary N) is 2. The predicted molar refractivity (Wildman–Crippen MR) is 95.6 cm³/mol. The van der Waals surface area contributed by atoms with Crippen LogP contribution < -0.4 is 0 Å². The van der Waals surface area contributed by atoms with Crippen LogP contribution in [0.2, 0.25) is 0 Å². The molecule has 132 valence electrons. The molecule has 0 aliphatic carbocycles. The van der Waals surface area contributed by atoms with E-state index in [2.05, 4.69) is 20.2 Å². The number of aromatic amines is 2. The number of Topliss-reactive ketones (excluding diaryl/α,β-unsaturated/α-hetero) is 1. The van der Waals surface area contributed by atoms with Gasteiger partial charge in [-0.2, -0.15) is 5.10 Å². The lowest BCUT2D eigenvalue weighted by molar-refractivity contribution is 0.0979. The molecule has 0 aliphatic heterocycles. The summed E-state index contributed by atoms with van der Waals surface area (Å²) >= 11 is 0. The topological polar surface area (TPSA) is 120 Å². The maximum Gasteiger partial charge on any atom is 0.240 e. The highest BCUT2D eigenvalue weighted by Crippen LogP contribution is 2.43. The van der Waals surface area contributed by atoms with Crippen LogP contribution in [-0.4, -0.2) is 40.7 Å². The van der Waals surface area contributed by atoms with Crippen LogP contribution in [0.5, 0.6) is 11.6 Å². The molecule has 0 atom stereocenters. The molecule has 0 fully saturated rings. The van der Waals surface area contributed by atoms with Gasteiger partial charge in [-0.1, -0.05) is 6.92 Å². The monoisotopic (exact) mass is 351 g/mol. The Bertz CT molecular complexity index is 1090. The quantitative estimate of drug-likeness (QED) is 0.412. The summed E-state index contributed by atoms with van der Waals surface area (Å²) < 4.78 is 1.44. The predicted octanol–water partition coefficient (Wildman–Crippen LogP) is 3.14. The van der Waals surface area contributed by atoms with E-state index in [0.717, 1.165) is 11.0 Å². The number of fused-ring (bicyclic) bond motifs is 1. The van der Waals surface area contributed by atoms with E-state index in [-0.39, 0.29) is 17.8 Å². The number of benzene rings is 1. The second-order valence-corrected chi connectivity index (χ2v) is 5.98. The summed E-state index contributed by atoms with van der Waals surface area (Å²) in [7, 11) is 0. The van der Waals surface area contributed by atoms with Crippen molar-refractivity contribution in [1.82, 2.24) is 24.7 Å². The number of imidazole rings is 1. The van der Waals surface area contributed by atoms with Gasteiger partial charge in [0.1, 0.15) is 0 Å². The minimum atomic E-state index is -0.433. The lowest BCUT2D eigenvalue weighted by Crippen LogP contribution is -2.03. The highest BCUT2D eigenvalue weighted by Gasteiger charge is 2.29. The highest BCUT2D eigenvalue weighted by molar-refractivity contribution is 6.05. The third kappa shape index (κ3) is 2.34. The second-order valence-electron chi connectivity index (χ2n) is 5.98. The number of carbonyl (C=O) groups excluding carboxylic acids is 1. The number of aromatic hydroxyl groups is 2. The molecule has 0 unspecified atom stereocenters. The van der Waals surface area contributed by atoms with Crippen LogP contribution in [0.15, 0.2) is 36.8 Å². The fourth-order valence-electron chi connectivity index (χ4n) is 3.12. The first-order chi connectivity index (χ1) is 12.6. The van der Waals surface area contributed by atoms with Crippen molar-refractivity contribution in [3.8, 4) is 28.7 Å². The van der Waals surface area contributed by atoms with Crippen molar-refractivity contribution in [3.63, 3.8) is 0 Å². The molecular formula is C18H17N5O3. The summed E-state index contributed by atoms with van der Waals surface area (Å²) in [4.78, 5) is 19.8. The summed E-state index contributed by atoms with van der Waals surface area (Å²) in [5, 5.41) is 27.8. The Kier molecular flexibility index (Phi) is 3.72. The second kappa shape index (κ2) is 6.07. The van der Waals surface area contributed by atoms with Crippen molar-refractivity contribution < 1.29 is 15.0 Å². The molecule has 8 heteroatoms. The molecule has 0 spiro atoms. The summed E-state index contributed by atoms with van der Waals surface area (Å²) in [6.07, 6.45) is 4.02.